The third-order valence-electron chi connectivity index (χ3n) is 2.24. The summed E-state index contributed by atoms with van der Waals surface area (Å²) in [7, 11) is 0. The van der Waals surface area contributed by atoms with E-state index >= 15 is 0 Å². The molecule has 1 aromatic heterocycles. The van der Waals surface area contributed by atoms with Gasteiger partial charge in [-0.25, -0.2) is 0 Å². The van der Waals surface area contributed by atoms with Gasteiger partial charge in [0.25, 0.3) is 0 Å². The van der Waals surface area contributed by atoms with E-state index in [2.05, 4.69) is 15.9 Å². The molecule has 86 valence electrons. The zero-order chi connectivity index (χ0) is 12.3. The molecule has 2 rings (SSSR count). The maximum Gasteiger partial charge on any atom is 0.187 e. The Morgan fingerprint density at radius 2 is 1.94 bits per heavy atom. The first kappa shape index (κ1) is 12.1. The molecule has 0 unspecified atom stereocenters. The predicted molar refractivity (Wildman–Crippen MR) is 76.2 cm³/mol. The molecule has 0 amide bonds. The van der Waals surface area contributed by atoms with Crippen LogP contribution in [0.4, 0.5) is 5.69 Å². The van der Waals surface area contributed by atoms with Crippen molar-refractivity contribution >= 4 is 44.8 Å². The lowest BCUT2D eigenvalue weighted by atomic mass is 10.1. The van der Waals surface area contributed by atoms with Gasteiger partial charge in [-0.3, -0.25) is 4.79 Å². The fourth-order valence-electron chi connectivity index (χ4n) is 1.33. The van der Waals surface area contributed by atoms with Crippen molar-refractivity contribution in [1.82, 2.24) is 0 Å². The number of rotatable bonds is 3. The lowest BCUT2D eigenvalue weighted by molar-refractivity contribution is 0.104. The van der Waals surface area contributed by atoms with Crippen molar-refractivity contribution in [2.45, 2.75) is 0 Å². The summed E-state index contributed by atoms with van der Waals surface area (Å²) in [4.78, 5) is 11.8. The minimum atomic E-state index is -0.00468. The Balaban J connectivity index is 2.14. The van der Waals surface area contributed by atoms with Crippen LogP contribution >= 0.6 is 27.3 Å². The quantitative estimate of drug-likeness (QED) is 0.529. The molecule has 0 fully saturated rings. The number of halogens is 1. The first-order valence-corrected chi connectivity index (χ1v) is 6.70. The Labute approximate surface area is 112 Å². The standard InChI is InChI=1S/C13H10BrNOS/c14-12-8-17-7-11(12)13(16)6-3-9-1-4-10(15)5-2-9/h1-8H,15H2/b6-3+. The molecule has 0 spiro atoms. The third kappa shape index (κ3) is 3.05. The Hall–Kier alpha value is -1.39. The molecule has 0 aliphatic heterocycles. The summed E-state index contributed by atoms with van der Waals surface area (Å²) in [6.45, 7) is 0. The van der Waals surface area contributed by atoms with E-state index < -0.39 is 0 Å². The molecule has 4 heteroatoms. The molecule has 0 bridgehead atoms. The van der Waals surface area contributed by atoms with Crippen molar-refractivity contribution in [3.63, 3.8) is 0 Å². The molecule has 0 aliphatic carbocycles. The van der Waals surface area contributed by atoms with Crippen LogP contribution in [-0.4, -0.2) is 5.78 Å². The van der Waals surface area contributed by atoms with Gasteiger partial charge in [-0.2, -0.15) is 11.3 Å². The Morgan fingerprint density at radius 1 is 1.24 bits per heavy atom. The number of carbonyl (C=O) groups excluding carboxylic acids is 1. The molecular formula is C13H10BrNOS. The first-order valence-electron chi connectivity index (χ1n) is 4.96. The monoisotopic (exact) mass is 307 g/mol. The third-order valence-corrected chi connectivity index (χ3v) is 3.95. The molecule has 0 saturated heterocycles. The van der Waals surface area contributed by atoms with Crippen LogP contribution in [0.3, 0.4) is 0 Å². The minimum Gasteiger partial charge on any atom is -0.399 e. The zero-order valence-electron chi connectivity index (χ0n) is 8.89. The summed E-state index contributed by atoms with van der Waals surface area (Å²) in [5, 5.41) is 3.73. The largest absolute Gasteiger partial charge is 0.399 e. The van der Waals surface area contributed by atoms with E-state index in [0.717, 1.165) is 10.0 Å². The van der Waals surface area contributed by atoms with Crippen molar-refractivity contribution < 1.29 is 4.79 Å². The number of carbonyl (C=O) groups is 1. The van der Waals surface area contributed by atoms with Crippen LogP contribution in [0.2, 0.25) is 0 Å². The fourth-order valence-corrected chi connectivity index (χ4v) is 2.80. The SMILES string of the molecule is Nc1ccc(/C=C/C(=O)c2cscc2Br)cc1. The second-order valence-electron chi connectivity index (χ2n) is 3.50. The van der Waals surface area contributed by atoms with E-state index in [0.29, 0.717) is 11.3 Å². The number of allylic oxidation sites excluding steroid dienone is 1. The van der Waals surface area contributed by atoms with E-state index in [1.165, 1.54) is 11.3 Å². The summed E-state index contributed by atoms with van der Waals surface area (Å²) in [6.07, 6.45) is 3.35. The molecule has 2 nitrogen and oxygen atoms in total. The number of nitrogen functional groups attached to an aromatic ring is 1. The molecule has 17 heavy (non-hydrogen) atoms. The van der Waals surface area contributed by atoms with Crippen LogP contribution in [0.15, 0.2) is 45.6 Å². The van der Waals surface area contributed by atoms with E-state index in [9.17, 15) is 4.79 Å². The molecule has 0 aliphatic rings. The number of ketones is 1. The van der Waals surface area contributed by atoms with Crippen molar-refractivity contribution in [2.24, 2.45) is 0 Å². The Bertz CT molecular complexity index is 557. The lowest BCUT2D eigenvalue weighted by Gasteiger charge is -1.95. The topological polar surface area (TPSA) is 43.1 Å². The van der Waals surface area contributed by atoms with E-state index in [4.69, 9.17) is 5.73 Å². The van der Waals surface area contributed by atoms with Gasteiger partial charge >= 0.3 is 0 Å². The molecule has 0 radical (unpaired) electrons. The normalized spacial score (nSPS) is 10.9. The highest BCUT2D eigenvalue weighted by atomic mass is 79.9. The predicted octanol–water partition coefficient (Wildman–Crippen LogP) is 3.99. The van der Waals surface area contributed by atoms with Crippen molar-refractivity contribution in [3.05, 3.63) is 56.7 Å². The molecule has 2 aromatic rings. The van der Waals surface area contributed by atoms with Gasteiger partial charge in [0, 0.05) is 26.5 Å². The lowest BCUT2D eigenvalue weighted by Crippen LogP contribution is -1.92. The van der Waals surface area contributed by atoms with Gasteiger partial charge in [-0.15, -0.1) is 0 Å². The maximum atomic E-state index is 11.8. The highest BCUT2D eigenvalue weighted by molar-refractivity contribution is 9.10. The van der Waals surface area contributed by atoms with Gasteiger partial charge < -0.3 is 5.73 Å². The molecular weight excluding hydrogens is 298 g/mol. The van der Waals surface area contributed by atoms with E-state index in [1.54, 1.807) is 12.2 Å². The first-order chi connectivity index (χ1) is 8.16. The van der Waals surface area contributed by atoms with Gasteiger partial charge in [0.2, 0.25) is 0 Å². The van der Waals surface area contributed by atoms with Crippen molar-refractivity contribution in [2.75, 3.05) is 5.73 Å². The number of nitrogens with two attached hydrogens (primary N) is 1. The Kier molecular flexibility index (Phi) is 3.76. The molecule has 0 saturated carbocycles. The van der Waals surface area contributed by atoms with Crippen LogP contribution in [0.25, 0.3) is 6.08 Å². The second kappa shape index (κ2) is 5.29. The Morgan fingerprint density at radius 3 is 2.53 bits per heavy atom. The van der Waals surface area contributed by atoms with E-state index in [1.807, 2.05) is 35.0 Å². The highest BCUT2D eigenvalue weighted by Crippen LogP contribution is 2.22. The van der Waals surface area contributed by atoms with E-state index in [-0.39, 0.29) is 5.78 Å². The number of benzene rings is 1. The van der Waals surface area contributed by atoms with Crippen LogP contribution in [0.1, 0.15) is 15.9 Å². The van der Waals surface area contributed by atoms with Crippen LogP contribution in [0.5, 0.6) is 0 Å². The van der Waals surface area contributed by atoms with Gasteiger partial charge in [0.05, 0.1) is 0 Å². The van der Waals surface area contributed by atoms with Crippen molar-refractivity contribution in [1.29, 1.82) is 0 Å². The van der Waals surface area contributed by atoms with Crippen LogP contribution in [0, 0.1) is 0 Å². The second-order valence-corrected chi connectivity index (χ2v) is 5.10. The summed E-state index contributed by atoms with van der Waals surface area (Å²) in [5.74, 6) is -0.00468. The van der Waals surface area contributed by atoms with Crippen LogP contribution in [-0.2, 0) is 0 Å². The molecule has 1 heterocycles. The number of thiophene rings is 1. The summed E-state index contributed by atoms with van der Waals surface area (Å²) < 4.78 is 0.842. The average Bonchev–Trinajstić information content (AvgIpc) is 2.74. The van der Waals surface area contributed by atoms with Crippen molar-refractivity contribution in [3.8, 4) is 0 Å². The summed E-state index contributed by atoms with van der Waals surface area (Å²) in [5.41, 5.74) is 7.95. The smallest absolute Gasteiger partial charge is 0.187 e. The maximum absolute atomic E-state index is 11.8. The van der Waals surface area contributed by atoms with Crippen LogP contribution < -0.4 is 5.73 Å². The molecule has 2 N–H and O–H groups in total. The zero-order valence-corrected chi connectivity index (χ0v) is 11.3. The van der Waals surface area contributed by atoms with Gasteiger partial charge in [-0.1, -0.05) is 18.2 Å². The highest BCUT2D eigenvalue weighted by Gasteiger charge is 2.06. The molecule has 0 atom stereocenters. The van der Waals surface area contributed by atoms with Gasteiger partial charge in [-0.05, 0) is 39.7 Å². The number of hydrogen-bond acceptors (Lipinski definition) is 3. The summed E-state index contributed by atoms with van der Waals surface area (Å²) >= 11 is 4.84. The fraction of sp³-hybridized carbons (Fsp3) is 0. The number of anilines is 1. The summed E-state index contributed by atoms with van der Waals surface area (Å²) in [6, 6.07) is 7.37. The van der Waals surface area contributed by atoms with Gasteiger partial charge in [0.15, 0.2) is 5.78 Å². The average molecular weight is 308 g/mol. The number of hydrogen-bond donors (Lipinski definition) is 1. The molecule has 1 aromatic carbocycles. The van der Waals surface area contributed by atoms with Gasteiger partial charge in [0.1, 0.15) is 0 Å². The minimum absolute atomic E-state index is 0.00468.